The smallest absolute Gasteiger partial charge is 0.237 e. The summed E-state index contributed by atoms with van der Waals surface area (Å²) in [5.74, 6) is 0.296. The molecule has 2 amide bonds. The van der Waals surface area contributed by atoms with Crippen LogP contribution in [0, 0.1) is 19.3 Å². The summed E-state index contributed by atoms with van der Waals surface area (Å²) in [6, 6.07) is 42.0. The number of aromatic nitrogens is 1. The van der Waals surface area contributed by atoms with Crippen molar-refractivity contribution in [3.8, 4) is 5.75 Å². The van der Waals surface area contributed by atoms with E-state index in [2.05, 4.69) is 36.2 Å². The average Bonchev–Trinajstić information content (AvgIpc) is 3.31. The summed E-state index contributed by atoms with van der Waals surface area (Å²) in [6.07, 6.45) is 0.882. The Morgan fingerprint density at radius 3 is 1.72 bits per heavy atom. The number of benzene rings is 4. The van der Waals surface area contributed by atoms with Crippen LogP contribution in [0.25, 0.3) is 0 Å². The quantitative estimate of drug-likeness (QED) is 0.119. The molecule has 0 aliphatic carbocycles. The predicted octanol–water partition coefficient (Wildman–Crippen LogP) is 8.18. The first-order chi connectivity index (χ1) is 22.2. The highest BCUT2D eigenvalue weighted by atomic mass is 16.5. The molecule has 1 aliphatic heterocycles. The second-order valence-electron chi connectivity index (χ2n) is 12.6. The predicted molar refractivity (Wildman–Crippen MR) is 182 cm³/mol. The molecular weight excluding hydrogens is 568 g/mol. The lowest BCUT2D eigenvalue weighted by molar-refractivity contribution is -0.146. The molecule has 1 fully saturated rings. The van der Waals surface area contributed by atoms with Crippen LogP contribution in [0.4, 0.5) is 0 Å². The molecule has 0 spiro atoms. The van der Waals surface area contributed by atoms with Gasteiger partial charge in [-0.2, -0.15) is 0 Å². The maximum absolute atomic E-state index is 14.9. The monoisotopic (exact) mass is 608 g/mol. The van der Waals surface area contributed by atoms with Gasteiger partial charge in [0.2, 0.25) is 11.8 Å². The van der Waals surface area contributed by atoms with Gasteiger partial charge in [-0.05, 0) is 54.5 Å². The van der Waals surface area contributed by atoms with E-state index in [0.29, 0.717) is 6.61 Å². The van der Waals surface area contributed by atoms with Gasteiger partial charge in [-0.25, -0.2) is 0 Å². The Balaban J connectivity index is 1.31. The molecule has 0 radical (unpaired) electrons. The maximum Gasteiger partial charge on any atom is 0.237 e. The third-order valence-corrected chi connectivity index (χ3v) is 9.52. The highest BCUT2D eigenvalue weighted by molar-refractivity contribution is 6.08. The molecular formula is C41H40N2O3. The zero-order chi connectivity index (χ0) is 32.3. The Labute approximate surface area is 271 Å². The second-order valence-corrected chi connectivity index (χ2v) is 12.6. The van der Waals surface area contributed by atoms with Crippen LogP contribution in [0.1, 0.15) is 65.4 Å². The third-order valence-electron chi connectivity index (χ3n) is 9.52. The number of nitrogens with zero attached hydrogens (tertiary/aromatic N) is 2. The number of hydrogen-bond acceptors (Lipinski definition) is 4. The Bertz CT molecular complexity index is 1700. The molecule has 6 rings (SSSR count). The van der Waals surface area contributed by atoms with Gasteiger partial charge in [0.15, 0.2) is 0 Å². The molecule has 5 nitrogen and oxygen atoms in total. The van der Waals surface area contributed by atoms with Crippen LogP contribution in [-0.4, -0.2) is 28.3 Å². The minimum absolute atomic E-state index is 0.127. The minimum atomic E-state index is -1.12. The Morgan fingerprint density at radius 1 is 0.761 bits per heavy atom. The maximum atomic E-state index is 14.9. The summed E-state index contributed by atoms with van der Waals surface area (Å²) in [5, 5.41) is 0. The van der Waals surface area contributed by atoms with Crippen LogP contribution in [0.15, 0.2) is 127 Å². The lowest BCUT2D eigenvalue weighted by Gasteiger charge is -2.43. The van der Waals surface area contributed by atoms with Crippen LogP contribution in [0.3, 0.4) is 0 Å². The average molecular weight is 609 g/mol. The highest BCUT2D eigenvalue weighted by Gasteiger charge is 2.59. The van der Waals surface area contributed by atoms with E-state index < -0.39 is 11.0 Å². The van der Waals surface area contributed by atoms with Gasteiger partial charge in [-0.15, -0.1) is 0 Å². The fraction of sp³-hybridized carbons (Fsp3) is 0.244. The first-order valence-electron chi connectivity index (χ1n) is 15.9. The van der Waals surface area contributed by atoms with E-state index in [1.54, 1.807) is 4.90 Å². The number of imide groups is 1. The minimum Gasteiger partial charge on any atom is -0.493 e. The largest absolute Gasteiger partial charge is 0.493 e. The van der Waals surface area contributed by atoms with Gasteiger partial charge in [0.05, 0.1) is 12.0 Å². The summed E-state index contributed by atoms with van der Waals surface area (Å²) >= 11 is 0. The van der Waals surface area contributed by atoms with Crippen molar-refractivity contribution in [2.24, 2.45) is 5.41 Å². The molecule has 46 heavy (non-hydrogen) atoms. The zero-order valence-corrected chi connectivity index (χ0v) is 26.9. The molecule has 1 saturated heterocycles. The molecule has 232 valence electrons. The summed E-state index contributed by atoms with van der Waals surface area (Å²) < 4.78 is 6.00. The topological polar surface area (TPSA) is 59.5 Å². The van der Waals surface area contributed by atoms with E-state index in [0.717, 1.165) is 51.4 Å². The number of carbonyl (C=O) groups excluding carboxylic acids is 2. The van der Waals surface area contributed by atoms with Gasteiger partial charge in [-0.3, -0.25) is 19.5 Å². The van der Waals surface area contributed by atoms with Crippen molar-refractivity contribution in [3.05, 3.63) is 167 Å². The van der Waals surface area contributed by atoms with E-state index in [-0.39, 0.29) is 24.2 Å². The van der Waals surface area contributed by atoms with E-state index in [1.165, 1.54) is 0 Å². The first-order valence-corrected chi connectivity index (χ1v) is 15.9. The first kappa shape index (κ1) is 31.0. The van der Waals surface area contributed by atoms with E-state index in [1.807, 2.05) is 124 Å². The van der Waals surface area contributed by atoms with E-state index in [9.17, 15) is 9.59 Å². The van der Waals surface area contributed by atoms with Gasteiger partial charge in [0, 0.05) is 36.4 Å². The molecule has 1 aromatic heterocycles. The molecule has 4 aromatic carbocycles. The summed E-state index contributed by atoms with van der Waals surface area (Å²) in [4.78, 5) is 35.2. The van der Waals surface area contributed by atoms with Crippen molar-refractivity contribution < 1.29 is 14.3 Å². The van der Waals surface area contributed by atoms with Crippen molar-refractivity contribution in [2.75, 3.05) is 6.61 Å². The zero-order valence-electron chi connectivity index (χ0n) is 26.9. The Hall–Kier alpha value is -5.03. The van der Waals surface area contributed by atoms with Gasteiger partial charge >= 0.3 is 0 Å². The van der Waals surface area contributed by atoms with Crippen LogP contribution in [0.5, 0.6) is 5.75 Å². The molecule has 2 heterocycles. The summed E-state index contributed by atoms with van der Waals surface area (Å²) in [7, 11) is 0. The molecule has 0 bridgehead atoms. The summed E-state index contributed by atoms with van der Waals surface area (Å²) in [6.45, 7) is 8.50. The van der Waals surface area contributed by atoms with Crippen LogP contribution >= 0.6 is 0 Å². The number of carbonyl (C=O) groups is 2. The molecule has 5 heteroatoms. The van der Waals surface area contributed by atoms with Crippen molar-refractivity contribution >= 4 is 11.8 Å². The Kier molecular flexibility index (Phi) is 8.59. The molecule has 1 unspecified atom stereocenters. The number of amides is 2. The third kappa shape index (κ3) is 5.62. The van der Waals surface area contributed by atoms with Crippen LogP contribution in [0.2, 0.25) is 0 Å². The van der Waals surface area contributed by atoms with Gasteiger partial charge in [0.1, 0.15) is 11.3 Å². The Morgan fingerprint density at radius 2 is 1.24 bits per heavy atom. The van der Waals surface area contributed by atoms with Crippen molar-refractivity contribution in [1.82, 2.24) is 9.88 Å². The van der Waals surface area contributed by atoms with Crippen molar-refractivity contribution in [3.63, 3.8) is 0 Å². The molecule has 0 saturated carbocycles. The van der Waals surface area contributed by atoms with Crippen LogP contribution < -0.4 is 4.74 Å². The van der Waals surface area contributed by atoms with E-state index >= 15 is 0 Å². The highest BCUT2D eigenvalue weighted by Crippen LogP contribution is 2.52. The number of ether oxygens (including phenoxy) is 1. The van der Waals surface area contributed by atoms with Crippen LogP contribution in [-0.2, 0) is 21.5 Å². The van der Waals surface area contributed by atoms with Gasteiger partial charge in [-0.1, -0.05) is 122 Å². The lowest BCUT2D eigenvalue weighted by atomic mass is 9.72. The molecule has 5 aromatic rings. The molecule has 1 aliphatic rings. The lowest BCUT2D eigenvalue weighted by Crippen LogP contribution is -2.52. The SMILES string of the molecule is Cc1cc(OCCc2ccc(C(C)[C@]3(C)CC(=O)N(C(c4ccccc4)(c4ccccc4)c4ccccc4)C3=O)cc2)cc(C)n1. The number of likely N-dealkylation sites (tertiary alicyclic amines) is 1. The normalized spacial score (nSPS) is 17.3. The molecule has 0 N–H and O–H groups in total. The number of aryl methyl sites for hydroxylation is 2. The fourth-order valence-corrected chi connectivity index (χ4v) is 6.95. The van der Waals surface area contributed by atoms with Gasteiger partial charge < -0.3 is 4.74 Å². The molecule has 2 atom stereocenters. The fourth-order valence-electron chi connectivity index (χ4n) is 6.95. The van der Waals surface area contributed by atoms with E-state index in [4.69, 9.17) is 4.74 Å². The van der Waals surface area contributed by atoms with Gasteiger partial charge in [0.25, 0.3) is 0 Å². The van der Waals surface area contributed by atoms with Crippen molar-refractivity contribution in [2.45, 2.75) is 52.0 Å². The second kappa shape index (κ2) is 12.8. The number of rotatable bonds is 10. The number of hydrogen-bond donors (Lipinski definition) is 0. The van der Waals surface area contributed by atoms with Crippen molar-refractivity contribution in [1.29, 1.82) is 0 Å². The summed E-state index contributed by atoms with van der Waals surface area (Å²) in [5.41, 5.74) is 4.62. The standard InChI is InChI=1S/C41H40N2O3/c1-29-26-37(27-30(2)42-29)46-25-24-32-20-22-33(23-21-32)31(3)40(4)28-38(44)43(39(40)45)41(34-14-8-5-9-15-34,35-16-10-6-11-17-35)36-18-12-7-13-19-36/h5-23,26-27,31H,24-25,28H2,1-4H3/t31?,40-/m0/s1. The number of pyridine rings is 1.